The number of benzene rings is 1. The zero-order valence-electron chi connectivity index (χ0n) is 15.6. The molecule has 0 aliphatic rings. The van der Waals surface area contributed by atoms with E-state index in [0.717, 1.165) is 30.4 Å². The Morgan fingerprint density at radius 3 is 2.67 bits per heavy atom. The van der Waals surface area contributed by atoms with Gasteiger partial charge in [0.2, 0.25) is 5.78 Å². The summed E-state index contributed by atoms with van der Waals surface area (Å²) in [5.41, 5.74) is 2.84. The van der Waals surface area contributed by atoms with Crippen LogP contribution in [-0.4, -0.2) is 27.8 Å². The van der Waals surface area contributed by atoms with E-state index in [-0.39, 0.29) is 18.1 Å². The van der Waals surface area contributed by atoms with Gasteiger partial charge in [0, 0.05) is 41.7 Å². The maximum Gasteiger partial charge on any atom is 0.331 e. The molecule has 0 fully saturated rings. The average molecular weight is 370 g/mol. The van der Waals surface area contributed by atoms with Gasteiger partial charge in [-0.05, 0) is 38.0 Å². The molecular formula is C20H22N2O5. The molecule has 0 spiro atoms. The number of aromatic nitrogens is 1. The zero-order chi connectivity index (χ0) is 20.0. The number of hydrogen-bond donors (Lipinski definition) is 0. The van der Waals surface area contributed by atoms with Crippen molar-refractivity contribution < 1.29 is 19.2 Å². The van der Waals surface area contributed by atoms with Gasteiger partial charge in [0.15, 0.2) is 6.61 Å². The van der Waals surface area contributed by atoms with Crippen molar-refractivity contribution in [3.05, 3.63) is 69.0 Å². The number of ketones is 1. The maximum atomic E-state index is 12.3. The number of nitro groups is 1. The fourth-order valence-electron chi connectivity index (χ4n) is 2.82. The second kappa shape index (κ2) is 8.93. The summed E-state index contributed by atoms with van der Waals surface area (Å²) >= 11 is 0. The van der Waals surface area contributed by atoms with Crippen LogP contribution in [0, 0.1) is 24.0 Å². The summed E-state index contributed by atoms with van der Waals surface area (Å²) in [6, 6.07) is 7.67. The lowest BCUT2D eigenvalue weighted by molar-refractivity contribution is -0.384. The van der Waals surface area contributed by atoms with Crippen LogP contribution in [0.3, 0.4) is 0 Å². The molecule has 0 saturated heterocycles. The maximum absolute atomic E-state index is 12.3. The van der Waals surface area contributed by atoms with E-state index in [1.165, 1.54) is 24.3 Å². The van der Waals surface area contributed by atoms with Crippen molar-refractivity contribution in [2.75, 3.05) is 6.61 Å². The van der Waals surface area contributed by atoms with E-state index >= 15 is 0 Å². The fraction of sp³-hybridized carbons (Fsp3) is 0.300. The summed E-state index contributed by atoms with van der Waals surface area (Å²) < 4.78 is 7.07. The SMILES string of the molecule is CCCn1c(C)cc(C(=O)COC(=O)/C=C/c2cccc([N+](=O)[O-])c2)c1C. The Hall–Kier alpha value is -3.22. The second-order valence-electron chi connectivity index (χ2n) is 6.15. The molecule has 1 aromatic carbocycles. The monoisotopic (exact) mass is 370 g/mol. The largest absolute Gasteiger partial charge is 0.454 e. The fourth-order valence-corrected chi connectivity index (χ4v) is 2.82. The van der Waals surface area contributed by atoms with Gasteiger partial charge in [-0.25, -0.2) is 4.79 Å². The molecule has 7 nitrogen and oxygen atoms in total. The smallest absolute Gasteiger partial charge is 0.331 e. The summed E-state index contributed by atoms with van der Waals surface area (Å²) in [4.78, 5) is 34.4. The molecule has 0 bridgehead atoms. The van der Waals surface area contributed by atoms with Crippen LogP contribution >= 0.6 is 0 Å². The second-order valence-corrected chi connectivity index (χ2v) is 6.15. The van der Waals surface area contributed by atoms with E-state index in [0.29, 0.717) is 11.1 Å². The number of esters is 1. The molecule has 142 valence electrons. The minimum absolute atomic E-state index is 0.0665. The van der Waals surface area contributed by atoms with Gasteiger partial charge in [0.25, 0.3) is 5.69 Å². The first-order valence-corrected chi connectivity index (χ1v) is 8.62. The third-order valence-corrected chi connectivity index (χ3v) is 4.16. The lowest BCUT2D eigenvalue weighted by atomic mass is 10.1. The van der Waals surface area contributed by atoms with Crippen molar-refractivity contribution in [1.82, 2.24) is 4.57 Å². The Morgan fingerprint density at radius 1 is 1.26 bits per heavy atom. The number of nitrogens with zero attached hydrogens (tertiary/aromatic N) is 2. The number of Topliss-reactive ketones (excluding diaryl/α,β-unsaturated/α-hetero) is 1. The first kappa shape index (κ1) is 20.1. The Balaban J connectivity index is 1.97. The van der Waals surface area contributed by atoms with E-state index in [4.69, 9.17) is 4.74 Å². The highest BCUT2D eigenvalue weighted by molar-refractivity contribution is 6.00. The number of ether oxygens (including phenoxy) is 1. The van der Waals surface area contributed by atoms with Crippen molar-refractivity contribution in [2.45, 2.75) is 33.7 Å². The summed E-state index contributed by atoms with van der Waals surface area (Å²) in [6.07, 6.45) is 3.51. The Morgan fingerprint density at radius 2 is 2.00 bits per heavy atom. The van der Waals surface area contributed by atoms with Crippen molar-refractivity contribution in [3.63, 3.8) is 0 Å². The van der Waals surface area contributed by atoms with Gasteiger partial charge in [-0.3, -0.25) is 14.9 Å². The molecule has 0 atom stereocenters. The standard InChI is InChI=1S/C20H22N2O5/c1-4-10-21-14(2)11-18(15(21)3)19(23)13-27-20(24)9-8-16-6-5-7-17(12-16)22(25)26/h5-9,11-12H,4,10,13H2,1-3H3/b9-8+. The highest BCUT2D eigenvalue weighted by atomic mass is 16.6. The third-order valence-electron chi connectivity index (χ3n) is 4.16. The van der Waals surface area contributed by atoms with E-state index in [1.54, 1.807) is 12.1 Å². The molecule has 0 N–H and O–H groups in total. The van der Waals surface area contributed by atoms with Gasteiger partial charge in [-0.1, -0.05) is 19.1 Å². The number of nitro benzene ring substituents is 1. The molecule has 0 amide bonds. The lowest BCUT2D eigenvalue weighted by Crippen LogP contribution is -2.13. The van der Waals surface area contributed by atoms with E-state index < -0.39 is 10.9 Å². The summed E-state index contributed by atoms with van der Waals surface area (Å²) in [5.74, 6) is -0.945. The molecule has 27 heavy (non-hydrogen) atoms. The van der Waals surface area contributed by atoms with Crippen LogP contribution < -0.4 is 0 Å². The predicted molar refractivity (Wildman–Crippen MR) is 102 cm³/mol. The highest BCUT2D eigenvalue weighted by Gasteiger charge is 2.16. The summed E-state index contributed by atoms with van der Waals surface area (Å²) in [6.45, 7) is 6.36. The first-order chi connectivity index (χ1) is 12.8. The summed E-state index contributed by atoms with van der Waals surface area (Å²) in [5, 5.41) is 10.7. The van der Waals surface area contributed by atoms with Crippen molar-refractivity contribution in [2.24, 2.45) is 0 Å². The van der Waals surface area contributed by atoms with Crippen molar-refractivity contribution >= 4 is 23.5 Å². The topological polar surface area (TPSA) is 91.4 Å². The summed E-state index contributed by atoms with van der Waals surface area (Å²) in [7, 11) is 0. The van der Waals surface area contributed by atoms with Crippen LogP contribution in [0.25, 0.3) is 6.08 Å². The molecule has 7 heteroatoms. The third kappa shape index (κ3) is 5.13. The number of hydrogen-bond acceptors (Lipinski definition) is 5. The molecule has 0 unspecified atom stereocenters. The Bertz CT molecular complexity index is 896. The molecule has 0 aliphatic carbocycles. The minimum atomic E-state index is -0.683. The molecule has 0 saturated carbocycles. The molecule has 1 aromatic heterocycles. The Kier molecular flexibility index (Phi) is 6.65. The number of carbonyl (C=O) groups excluding carboxylic acids is 2. The molecule has 0 aliphatic heterocycles. The Labute approximate surface area is 157 Å². The normalized spacial score (nSPS) is 10.9. The van der Waals surface area contributed by atoms with Gasteiger partial charge in [0.1, 0.15) is 0 Å². The van der Waals surface area contributed by atoms with Crippen LogP contribution in [0.5, 0.6) is 0 Å². The van der Waals surface area contributed by atoms with Gasteiger partial charge in [0.05, 0.1) is 4.92 Å². The lowest BCUT2D eigenvalue weighted by Gasteiger charge is -2.07. The van der Waals surface area contributed by atoms with Crippen molar-refractivity contribution in [3.8, 4) is 0 Å². The molecule has 2 rings (SSSR count). The van der Waals surface area contributed by atoms with Gasteiger partial charge in [-0.15, -0.1) is 0 Å². The van der Waals surface area contributed by atoms with E-state index in [1.807, 2.05) is 13.8 Å². The first-order valence-electron chi connectivity index (χ1n) is 8.62. The van der Waals surface area contributed by atoms with Crippen LogP contribution in [0.2, 0.25) is 0 Å². The molecule has 2 aromatic rings. The number of rotatable bonds is 8. The molecule has 0 radical (unpaired) electrons. The average Bonchev–Trinajstić information content (AvgIpc) is 2.93. The predicted octanol–water partition coefficient (Wildman–Crippen LogP) is 3.86. The van der Waals surface area contributed by atoms with Gasteiger partial charge >= 0.3 is 5.97 Å². The van der Waals surface area contributed by atoms with Crippen LogP contribution in [0.4, 0.5) is 5.69 Å². The number of carbonyl (C=O) groups is 2. The van der Waals surface area contributed by atoms with Gasteiger partial charge in [-0.2, -0.15) is 0 Å². The van der Waals surface area contributed by atoms with Gasteiger partial charge < -0.3 is 9.30 Å². The van der Waals surface area contributed by atoms with E-state index in [2.05, 4.69) is 11.5 Å². The van der Waals surface area contributed by atoms with Crippen LogP contribution in [0.1, 0.15) is 40.7 Å². The number of aryl methyl sites for hydroxylation is 1. The van der Waals surface area contributed by atoms with Crippen molar-refractivity contribution in [1.29, 1.82) is 0 Å². The molecule has 1 heterocycles. The molecular weight excluding hydrogens is 348 g/mol. The van der Waals surface area contributed by atoms with E-state index in [9.17, 15) is 19.7 Å². The zero-order valence-corrected chi connectivity index (χ0v) is 15.6. The van der Waals surface area contributed by atoms with Crippen LogP contribution in [0.15, 0.2) is 36.4 Å². The van der Waals surface area contributed by atoms with Crippen LogP contribution in [-0.2, 0) is 16.1 Å². The number of non-ortho nitro benzene ring substituents is 1. The quantitative estimate of drug-likeness (QED) is 0.231. The highest BCUT2D eigenvalue weighted by Crippen LogP contribution is 2.17. The minimum Gasteiger partial charge on any atom is -0.454 e.